The van der Waals surface area contributed by atoms with Crippen molar-refractivity contribution in [1.82, 2.24) is 5.32 Å². The Morgan fingerprint density at radius 1 is 1.19 bits per heavy atom. The quantitative estimate of drug-likeness (QED) is 0.872. The third-order valence-corrected chi connectivity index (χ3v) is 4.09. The fraction of sp³-hybridized carbons (Fsp3) is 0.500. The molecular weight excluding hydrogens is 270 g/mol. The van der Waals surface area contributed by atoms with E-state index in [1.165, 1.54) is 0 Å². The van der Waals surface area contributed by atoms with Crippen LogP contribution in [-0.4, -0.2) is 24.1 Å². The summed E-state index contributed by atoms with van der Waals surface area (Å²) in [6.45, 7) is 0.432. The number of methoxy groups -OCH3 is 1. The van der Waals surface area contributed by atoms with Gasteiger partial charge in [-0.3, -0.25) is 9.59 Å². The first-order valence-corrected chi connectivity index (χ1v) is 7.24. The van der Waals surface area contributed by atoms with E-state index in [4.69, 9.17) is 9.84 Å². The second kappa shape index (κ2) is 7.11. The van der Waals surface area contributed by atoms with Crippen molar-refractivity contribution in [2.75, 3.05) is 7.11 Å². The Hall–Kier alpha value is -2.04. The van der Waals surface area contributed by atoms with Gasteiger partial charge in [0.15, 0.2) is 0 Å². The first kappa shape index (κ1) is 15.4. The lowest BCUT2D eigenvalue weighted by molar-refractivity contribution is -0.144. The van der Waals surface area contributed by atoms with Crippen LogP contribution >= 0.6 is 0 Å². The summed E-state index contributed by atoms with van der Waals surface area (Å²) in [4.78, 5) is 23.0. The van der Waals surface area contributed by atoms with Gasteiger partial charge in [0.1, 0.15) is 5.75 Å². The van der Waals surface area contributed by atoms with Crippen molar-refractivity contribution >= 4 is 11.9 Å². The highest BCUT2D eigenvalue weighted by Crippen LogP contribution is 2.29. The zero-order chi connectivity index (χ0) is 15.2. The van der Waals surface area contributed by atoms with Crippen LogP contribution in [0.3, 0.4) is 0 Å². The minimum atomic E-state index is -0.747. The molecule has 0 bridgehead atoms. The molecule has 2 N–H and O–H groups in total. The molecule has 1 aliphatic rings. The maximum absolute atomic E-state index is 12.1. The van der Waals surface area contributed by atoms with Gasteiger partial charge in [0, 0.05) is 18.0 Å². The molecule has 0 unspecified atom stereocenters. The van der Waals surface area contributed by atoms with Crippen molar-refractivity contribution < 1.29 is 19.4 Å². The summed E-state index contributed by atoms with van der Waals surface area (Å²) in [6.07, 6.45) is 2.47. The van der Waals surface area contributed by atoms with Crippen LogP contribution in [-0.2, 0) is 16.1 Å². The van der Waals surface area contributed by atoms with E-state index in [2.05, 4.69) is 5.32 Å². The van der Waals surface area contributed by atoms with E-state index >= 15 is 0 Å². The Balaban J connectivity index is 1.84. The van der Waals surface area contributed by atoms with Crippen LogP contribution in [0.25, 0.3) is 0 Å². The molecule has 0 heterocycles. The number of aliphatic carboxylic acids is 1. The Labute approximate surface area is 124 Å². The summed E-state index contributed by atoms with van der Waals surface area (Å²) in [5.74, 6) is -0.349. The highest BCUT2D eigenvalue weighted by Gasteiger charge is 2.29. The van der Waals surface area contributed by atoms with Gasteiger partial charge in [-0.15, -0.1) is 0 Å². The van der Waals surface area contributed by atoms with Gasteiger partial charge in [-0.1, -0.05) is 18.2 Å². The summed E-state index contributed by atoms with van der Waals surface area (Å²) >= 11 is 0. The molecule has 1 aromatic rings. The first-order chi connectivity index (χ1) is 10.1. The minimum Gasteiger partial charge on any atom is -0.496 e. The summed E-state index contributed by atoms with van der Waals surface area (Å²) in [6, 6.07) is 7.57. The number of carboxylic acid groups (broad SMARTS) is 1. The molecule has 1 saturated carbocycles. The Morgan fingerprint density at radius 2 is 1.81 bits per heavy atom. The zero-order valence-electron chi connectivity index (χ0n) is 12.2. The van der Waals surface area contributed by atoms with Gasteiger partial charge in [-0.05, 0) is 31.7 Å². The molecule has 114 valence electrons. The summed E-state index contributed by atoms with van der Waals surface area (Å²) in [5, 5.41) is 11.9. The number of nitrogens with one attached hydrogen (secondary N) is 1. The third kappa shape index (κ3) is 3.97. The molecule has 2 rings (SSSR count). The van der Waals surface area contributed by atoms with Crippen LogP contribution in [0.2, 0.25) is 0 Å². The lowest BCUT2D eigenvalue weighted by Gasteiger charge is -2.25. The molecular formula is C16H21NO4. The molecule has 0 aromatic heterocycles. The summed E-state index contributed by atoms with van der Waals surface area (Å²) in [5.41, 5.74) is 0.938. The van der Waals surface area contributed by atoms with Crippen molar-refractivity contribution in [3.63, 3.8) is 0 Å². The lowest BCUT2D eigenvalue weighted by Crippen LogP contribution is -2.34. The zero-order valence-corrected chi connectivity index (χ0v) is 12.2. The van der Waals surface area contributed by atoms with Gasteiger partial charge in [-0.25, -0.2) is 0 Å². The molecule has 1 aromatic carbocycles. The third-order valence-electron chi connectivity index (χ3n) is 4.09. The first-order valence-electron chi connectivity index (χ1n) is 7.24. The largest absolute Gasteiger partial charge is 0.496 e. The van der Waals surface area contributed by atoms with E-state index in [1.807, 2.05) is 24.3 Å². The average Bonchev–Trinajstić information content (AvgIpc) is 2.52. The molecule has 1 aliphatic carbocycles. The number of rotatable bonds is 5. The number of ether oxygens (including phenoxy) is 1. The molecule has 0 aliphatic heterocycles. The van der Waals surface area contributed by atoms with E-state index in [0.29, 0.717) is 32.2 Å². The molecule has 21 heavy (non-hydrogen) atoms. The second-order valence-corrected chi connectivity index (χ2v) is 5.42. The number of hydrogen-bond acceptors (Lipinski definition) is 3. The number of benzene rings is 1. The van der Waals surface area contributed by atoms with Crippen LogP contribution in [0.1, 0.15) is 31.2 Å². The van der Waals surface area contributed by atoms with E-state index in [-0.39, 0.29) is 17.7 Å². The van der Waals surface area contributed by atoms with Crippen LogP contribution in [0.15, 0.2) is 24.3 Å². The maximum atomic E-state index is 12.1. The van der Waals surface area contributed by atoms with Gasteiger partial charge in [0.05, 0.1) is 13.0 Å². The SMILES string of the molecule is COc1ccccc1CNC(=O)C1CCC(C(=O)O)CC1. The van der Waals surface area contributed by atoms with E-state index in [1.54, 1.807) is 7.11 Å². The van der Waals surface area contributed by atoms with Crippen molar-refractivity contribution in [3.8, 4) is 5.75 Å². The van der Waals surface area contributed by atoms with Crippen molar-refractivity contribution in [1.29, 1.82) is 0 Å². The molecule has 5 heteroatoms. The van der Waals surface area contributed by atoms with Crippen molar-refractivity contribution in [3.05, 3.63) is 29.8 Å². The number of carbonyl (C=O) groups is 2. The van der Waals surface area contributed by atoms with Gasteiger partial charge in [0.2, 0.25) is 5.91 Å². The van der Waals surface area contributed by atoms with Crippen molar-refractivity contribution in [2.24, 2.45) is 11.8 Å². The fourth-order valence-electron chi connectivity index (χ4n) is 2.78. The number of para-hydroxylation sites is 1. The molecule has 1 amide bonds. The molecule has 0 radical (unpaired) electrons. The van der Waals surface area contributed by atoms with Crippen LogP contribution in [0, 0.1) is 11.8 Å². The van der Waals surface area contributed by atoms with Gasteiger partial charge < -0.3 is 15.2 Å². The Bertz CT molecular complexity index is 507. The molecule has 1 fully saturated rings. The molecule has 0 spiro atoms. The van der Waals surface area contributed by atoms with Gasteiger partial charge in [0.25, 0.3) is 0 Å². The monoisotopic (exact) mass is 291 g/mol. The second-order valence-electron chi connectivity index (χ2n) is 5.42. The van der Waals surface area contributed by atoms with Crippen LogP contribution < -0.4 is 10.1 Å². The number of carbonyl (C=O) groups excluding carboxylic acids is 1. The smallest absolute Gasteiger partial charge is 0.306 e. The van der Waals surface area contributed by atoms with Crippen LogP contribution in [0.5, 0.6) is 5.75 Å². The number of amides is 1. The number of hydrogen-bond donors (Lipinski definition) is 2. The standard InChI is InChI=1S/C16H21NO4/c1-21-14-5-3-2-4-13(14)10-17-15(18)11-6-8-12(9-7-11)16(19)20/h2-5,11-12H,6-10H2,1H3,(H,17,18)(H,19,20). The predicted molar refractivity (Wildman–Crippen MR) is 77.9 cm³/mol. The van der Waals surface area contributed by atoms with Crippen LogP contribution in [0.4, 0.5) is 0 Å². The Morgan fingerprint density at radius 3 is 2.43 bits per heavy atom. The fourth-order valence-corrected chi connectivity index (χ4v) is 2.78. The molecule has 5 nitrogen and oxygen atoms in total. The van der Waals surface area contributed by atoms with E-state index in [0.717, 1.165) is 11.3 Å². The highest BCUT2D eigenvalue weighted by atomic mass is 16.5. The molecule has 0 atom stereocenters. The van der Waals surface area contributed by atoms with Gasteiger partial charge >= 0.3 is 5.97 Å². The number of carboxylic acids is 1. The normalized spacial score (nSPS) is 21.6. The minimum absolute atomic E-state index is 0.00439. The van der Waals surface area contributed by atoms with E-state index < -0.39 is 5.97 Å². The highest BCUT2D eigenvalue weighted by molar-refractivity contribution is 5.79. The summed E-state index contributed by atoms with van der Waals surface area (Å²) < 4.78 is 5.25. The van der Waals surface area contributed by atoms with Crippen molar-refractivity contribution in [2.45, 2.75) is 32.2 Å². The maximum Gasteiger partial charge on any atom is 0.306 e. The topological polar surface area (TPSA) is 75.6 Å². The Kier molecular flexibility index (Phi) is 5.20. The average molecular weight is 291 g/mol. The molecule has 0 saturated heterocycles. The van der Waals surface area contributed by atoms with E-state index in [9.17, 15) is 9.59 Å². The predicted octanol–water partition coefficient (Wildman–Crippen LogP) is 2.20. The lowest BCUT2D eigenvalue weighted by atomic mass is 9.81. The van der Waals surface area contributed by atoms with Gasteiger partial charge in [-0.2, -0.15) is 0 Å². The summed E-state index contributed by atoms with van der Waals surface area (Å²) in [7, 11) is 1.60.